The Hall–Kier alpha value is -3.24. The molecule has 0 saturated carbocycles. The number of hydrogen-bond donors (Lipinski definition) is 3. The first kappa shape index (κ1) is 39.8. The minimum Gasteiger partial charge on any atom is -0.380 e. The van der Waals surface area contributed by atoms with Crippen LogP contribution in [0.1, 0.15) is 74.4 Å². The molecule has 1 aromatic carbocycles. The summed E-state index contributed by atoms with van der Waals surface area (Å²) in [7, 11) is 0. The number of hydrogen-bond acceptors (Lipinski definition) is 5. The molecule has 0 bridgehead atoms. The molecule has 240 valence electrons. The Morgan fingerprint density at radius 3 is 2.40 bits per heavy atom. The van der Waals surface area contributed by atoms with Gasteiger partial charge in [-0.2, -0.15) is 0 Å². The molecule has 0 unspecified atom stereocenters. The Labute approximate surface area is 260 Å². The van der Waals surface area contributed by atoms with Gasteiger partial charge in [0.25, 0.3) is 5.91 Å². The number of aromatic nitrogens is 1. The van der Waals surface area contributed by atoms with Gasteiger partial charge in [-0.15, -0.1) is 11.8 Å². The van der Waals surface area contributed by atoms with E-state index >= 15 is 0 Å². The van der Waals surface area contributed by atoms with Crippen LogP contribution in [0.4, 0.5) is 19.2 Å². The molecule has 0 atom stereocenters. The topological polar surface area (TPSA) is 77.2 Å². The van der Waals surface area contributed by atoms with Crippen molar-refractivity contribution in [3.8, 4) is 0 Å². The molecule has 0 aliphatic carbocycles. The summed E-state index contributed by atoms with van der Waals surface area (Å²) in [5.74, 6) is 0.702. The smallest absolute Gasteiger partial charge is 0.253 e. The maximum absolute atomic E-state index is 13.2. The maximum Gasteiger partial charge on any atom is 0.253 e. The van der Waals surface area contributed by atoms with Crippen molar-refractivity contribution in [2.75, 3.05) is 50.5 Å². The number of aryl methyl sites for hydroxylation is 1. The minimum atomic E-state index is -0.425. The predicted molar refractivity (Wildman–Crippen MR) is 178 cm³/mol. The molecule has 2 aromatic rings. The summed E-state index contributed by atoms with van der Waals surface area (Å²) in [5, 5.41) is 6.56. The Kier molecular flexibility index (Phi) is 20.6. The van der Waals surface area contributed by atoms with E-state index in [4.69, 9.17) is 13.9 Å². The highest BCUT2D eigenvalue weighted by atomic mass is 32.2. The lowest BCUT2D eigenvalue weighted by Crippen LogP contribution is -2.35. The fourth-order valence-electron chi connectivity index (χ4n) is 4.60. The van der Waals surface area contributed by atoms with Crippen molar-refractivity contribution in [3.05, 3.63) is 69.6 Å². The van der Waals surface area contributed by atoms with Gasteiger partial charge >= 0.3 is 0 Å². The molecular weight excluding hydrogens is 573 g/mol. The van der Waals surface area contributed by atoms with Gasteiger partial charge in [0, 0.05) is 62.1 Å². The van der Waals surface area contributed by atoms with E-state index in [9.17, 15) is 9.18 Å². The number of aromatic amines is 1. The molecule has 0 spiro atoms. The van der Waals surface area contributed by atoms with Gasteiger partial charge in [0.2, 0.25) is 0 Å². The molecule has 43 heavy (non-hydrogen) atoms. The molecule has 1 aliphatic rings. The molecule has 3 rings (SSSR count). The summed E-state index contributed by atoms with van der Waals surface area (Å²) in [6.07, 6.45) is 6.11. The summed E-state index contributed by atoms with van der Waals surface area (Å²) in [6, 6.07) is 6.43. The molecule has 6 nitrogen and oxygen atoms in total. The number of alkyl halides is 1. The molecule has 0 radical (unpaired) electrons. The number of benzene rings is 1. The number of amides is 1. The second-order valence-corrected chi connectivity index (χ2v) is 10.5. The normalized spacial score (nSPS) is 13.2. The van der Waals surface area contributed by atoms with Crippen LogP contribution in [0.25, 0.3) is 11.6 Å². The number of carbonyl (C=O) groups is 2. The quantitative estimate of drug-likeness (QED) is 0.164. The number of rotatable bonds is 12. The van der Waals surface area contributed by atoms with Crippen LogP contribution in [0.5, 0.6) is 0 Å². The van der Waals surface area contributed by atoms with Crippen molar-refractivity contribution < 1.29 is 23.1 Å². The van der Waals surface area contributed by atoms with Crippen LogP contribution >= 0.6 is 11.8 Å². The Morgan fingerprint density at radius 2 is 1.81 bits per heavy atom. The van der Waals surface area contributed by atoms with Crippen LogP contribution in [0.15, 0.2) is 46.4 Å². The van der Waals surface area contributed by atoms with Gasteiger partial charge in [0.1, 0.15) is 13.5 Å². The van der Waals surface area contributed by atoms with Crippen LogP contribution in [0, 0.1) is 13.8 Å². The highest BCUT2D eigenvalue weighted by Gasteiger charge is 2.20. The fraction of sp³-hybridized carbons (Fsp3) is 0.455. The zero-order valence-corrected chi connectivity index (χ0v) is 27.7. The molecule has 0 fully saturated rings. The number of allylic oxidation sites excluding steroid dienone is 3. The molecule has 0 saturated heterocycles. The standard InChI is InChI=1S/C30H41FN4OS.C2H6.CH2O.F2/c1-7-10-23(20(4)17-31)19-37-25-11-12-27-26(16-25)24(18-33-27)15-28-21(5)29(22(6)34-28)30(36)32-13-14-35(8-2)9-3;3*1-2/h7,10-12,15-16,33-34H,8-9,13-14,17-19H2,1-6H3,(H,32,36);1-2H3;1H2;/b10-7-,23-20-,24-15+;;;. The van der Waals surface area contributed by atoms with Gasteiger partial charge in [-0.25, -0.2) is 4.39 Å². The molecule has 1 aromatic heterocycles. The van der Waals surface area contributed by atoms with Crippen LogP contribution in [0.2, 0.25) is 0 Å². The monoisotopic (exact) mass is 622 g/mol. The number of nitrogens with one attached hydrogen (secondary N) is 3. The SMILES string of the molecule is C/C=C\C(CSc1ccc2c(c1)/C(=C/c1[nH]c(C)c(C(=O)NCCN(CC)CC)c1C)CN2)=C(/C)CF.C=O.CC.FF. The number of halogens is 3. The first-order valence-corrected chi connectivity index (χ1v) is 15.5. The van der Waals surface area contributed by atoms with Gasteiger partial charge in [-0.05, 0) is 87.3 Å². The van der Waals surface area contributed by atoms with E-state index in [1.165, 1.54) is 11.1 Å². The van der Waals surface area contributed by atoms with E-state index in [1.54, 1.807) is 11.8 Å². The summed E-state index contributed by atoms with van der Waals surface area (Å²) in [4.78, 5) is 27.8. The van der Waals surface area contributed by atoms with Crippen LogP contribution in [0.3, 0.4) is 0 Å². The van der Waals surface area contributed by atoms with Gasteiger partial charge in [0.15, 0.2) is 0 Å². The van der Waals surface area contributed by atoms with Gasteiger partial charge in [-0.1, -0.05) is 39.8 Å². The Bertz CT molecular complexity index is 1220. The lowest BCUT2D eigenvalue weighted by Gasteiger charge is -2.18. The lowest BCUT2D eigenvalue weighted by molar-refractivity contribution is -0.0980. The Balaban J connectivity index is 0.00000276. The third-order valence-corrected chi connectivity index (χ3v) is 7.99. The zero-order chi connectivity index (χ0) is 32.9. The summed E-state index contributed by atoms with van der Waals surface area (Å²) in [5.41, 5.74) is 8.80. The summed E-state index contributed by atoms with van der Waals surface area (Å²) < 4.78 is 29.2. The van der Waals surface area contributed by atoms with Crippen LogP contribution in [-0.2, 0) is 4.79 Å². The van der Waals surface area contributed by atoms with Crippen LogP contribution in [-0.4, -0.2) is 67.7 Å². The number of anilines is 1. The first-order valence-electron chi connectivity index (χ1n) is 14.5. The molecule has 1 aliphatic heterocycles. The molecule has 3 N–H and O–H groups in total. The van der Waals surface area contributed by atoms with E-state index in [1.807, 2.05) is 60.5 Å². The number of nitrogens with zero attached hydrogens (tertiary/aromatic N) is 1. The number of likely N-dealkylation sites (N-methyl/N-ethyl adjacent to an activating group) is 1. The third-order valence-electron chi connectivity index (χ3n) is 6.95. The van der Waals surface area contributed by atoms with Crippen molar-refractivity contribution in [1.82, 2.24) is 15.2 Å². The average molecular weight is 623 g/mol. The second-order valence-electron chi connectivity index (χ2n) is 9.40. The van der Waals surface area contributed by atoms with Crippen LogP contribution < -0.4 is 10.6 Å². The molecular formula is C33H49F3N4O2S. The lowest BCUT2D eigenvalue weighted by atomic mass is 10.0. The number of H-pyrrole nitrogens is 1. The third kappa shape index (κ3) is 11.8. The summed E-state index contributed by atoms with van der Waals surface area (Å²) in [6.45, 7) is 21.8. The van der Waals surface area contributed by atoms with Crippen molar-refractivity contribution in [1.29, 1.82) is 0 Å². The highest BCUT2D eigenvalue weighted by Crippen LogP contribution is 2.36. The highest BCUT2D eigenvalue weighted by molar-refractivity contribution is 7.99. The van der Waals surface area contributed by atoms with Gasteiger partial charge in [-0.3, -0.25) is 4.79 Å². The van der Waals surface area contributed by atoms with Crippen molar-refractivity contribution in [3.63, 3.8) is 0 Å². The van der Waals surface area contributed by atoms with Crippen molar-refractivity contribution in [2.45, 2.75) is 60.3 Å². The fourth-order valence-corrected chi connectivity index (χ4v) is 5.63. The predicted octanol–water partition coefficient (Wildman–Crippen LogP) is 8.31. The number of carbonyl (C=O) groups excluding carboxylic acids is 2. The second kappa shape index (κ2) is 22.3. The van der Waals surface area contributed by atoms with Crippen molar-refractivity contribution >= 4 is 41.8 Å². The van der Waals surface area contributed by atoms with E-state index in [2.05, 4.69) is 58.6 Å². The Morgan fingerprint density at radius 1 is 1.16 bits per heavy atom. The van der Waals surface area contributed by atoms with E-state index in [0.717, 1.165) is 76.2 Å². The largest absolute Gasteiger partial charge is 0.380 e. The molecule has 10 heteroatoms. The molecule has 1 amide bonds. The van der Waals surface area contributed by atoms with Gasteiger partial charge < -0.3 is 25.3 Å². The summed E-state index contributed by atoms with van der Waals surface area (Å²) >= 11 is 1.72. The number of thioether (sulfide) groups is 1. The van der Waals surface area contributed by atoms with Crippen molar-refractivity contribution in [2.24, 2.45) is 0 Å². The van der Waals surface area contributed by atoms with Gasteiger partial charge in [0.05, 0.1) is 5.56 Å². The van der Waals surface area contributed by atoms with E-state index in [0.29, 0.717) is 6.54 Å². The first-order chi connectivity index (χ1) is 20.8. The minimum absolute atomic E-state index is 0.0275. The molecule has 2 heterocycles. The average Bonchev–Trinajstić information content (AvgIpc) is 3.58. The van der Waals surface area contributed by atoms with E-state index < -0.39 is 6.67 Å². The zero-order valence-electron chi connectivity index (χ0n) is 26.9. The maximum atomic E-state index is 13.2. The van der Waals surface area contributed by atoms with E-state index in [-0.39, 0.29) is 5.91 Å². The number of fused-ring (bicyclic) bond motifs is 1.